The first kappa shape index (κ1) is 14.9. The lowest BCUT2D eigenvalue weighted by atomic mass is 10.1. The van der Waals surface area contributed by atoms with Crippen molar-refractivity contribution in [3.63, 3.8) is 0 Å². The van der Waals surface area contributed by atoms with Crippen LogP contribution in [0, 0.1) is 11.7 Å². The van der Waals surface area contributed by atoms with Crippen LogP contribution >= 0.6 is 0 Å². The van der Waals surface area contributed by atoms with Gasteiger partial charge in [0, 0.05) is 32.8 Å². The molecule has 0 saturated carbocycles. The first-order valence-corrected chi connectivity index (χ1v) is 8.06. The van der Waals surface area contributed by atoms with Crippen LogP contribution in [0.3, 0.4) is 0 Å². The molecular weight excluding hydrogens is 267 g/mol. The molecule has 0 aliphatic carbocycles. The van der Waals surface area contributed by atoms with Crippen molar-refractivity contribution in [1.29, 1.82) is 0 Å². The van der Waals surface area contributed by atoms with Crippen molar-refractivity contribution in [3.05, 3.63) is 35.6 Å². The molecule has 0 N–H and O–H groups in total. The number of benzene rings is 1. The lowest BCUT2D eigenvalue weighted by Gasteiger charge is -2.23. The number of halogens is 1. The minimum atomic E-state index is -0.153. The summed E-state index contributed by atoms with van der Waals surface area (Å²) in [5.74, 6) is 0.577. The van der Waals surface area contributed by atoms with E-state index in [1.54, 1.807) is 12.1 Å². The Morgan fingerprint density at radius 1 is 1.05 bits per heavy atom. The summed E-state index contributed by atoms with van der Waals surface area (Å²) in [7, 11) is 0. The summed E-state index contributed by atoms with van der Waals surface area (Å²) in [6.07, 6.45) is 2.44. The molecule has 3 nitrogen and oxygen atoms in total. The molecular formula is C17H25FN2O. The fraction of sp³-hybridized carbons (Fsp3) is 0.647. The zero-order valence-electron chi connectivity index (χ0n) is 12.6. The maximum Gasteiger partial charge on any atom is 0.123 e. The number of nitrogens with zero attached hydrogens (tertiary/aromatic N) is 2. The van der Waals surface area contributed by atoms with Crippen LogP contribution in [-0.4, -0.2) is 55.7 Å². The van der Waals surface area contributed by atoms with Crippen molar-refractivity contribution in [1.82, 2.24) is 9.80 Å². The number of hydrogen-bond acceptors (Lipinski definition) is 3. The van der Waals surface area contributed by atoms with E-state index in [0.717, 1.165) is 45.3 Å². The van der Waals surface area contributed by atoms with Gasteiger partial charge in [-0.3, -0.25) is 4.90 Å². The molecule has 1 atom stereocenters. The summed E-state index contributed by atoms with van der Waals surface area (Å²) >= 11 is 0. The fourth-order valence-corrected chi connectivity index (χ4v) is 3.31. The fourth-order valence-electron chi connectivity index (χ4n) is 3.31. The van der Waals surface area contributed by atoms with Gasteiger partial charge in [-0.1, -0.05) is 12.1 Å². The molecule has 1 aromatic carbocycles. The van der Waals surface area contributed by atoms with Gasteiger partial charge in [0.25, 0.3) is 0 Å². The molecule has 0 bridgehead atoms. The minimum Gasteiger partial charge on any atom is -0.381 e. The third kappa shape index (κ3) is 4.50. The molecule has 3 rings (SSSR count). The lowest BCUT2D eigenvalue weighted by molar-refractivity contribution is 0.167. The van der Waals surface area contributed by atoms with Crippen LogP contribution in [-0.2, 0) is 11.3 Å². The predicted octanol–water partition coefficient (Wildman–Crippen LogP) is 2.37. The second-order valence-corrected chi connectivity index (χ2v) is 6.29. The Morgan fingerprint density at radius 2 is 1.81 bits per heavy atom. The molecule has 116 valence electrons. The molecule has 2 aliphatic rings. The van der Waals surface area contributed by atoms with E-state index in [0.29, 0.717) is 0 Å². The summed E-state index contributed by atoms with van der Waals surface area (Å²) in [6, 6.07) is 6.90. The average Bonchev–Trinajstić information content (AvgIpc) is 2.89. The molecule has 2 aliphatic heterocycles. The molecule has 1 aromatic rings. The third-order valence-corrected chi connectivity index (χ3v) is 4.54. The van der Waals surface area contributed by atoms with Crippen molar-refractivity contribution in [2.24, 2.45) is 5.92 Å². The molecule has 0 amide bonds. The number of rotatable bonds is 4. The Kier molecular flexibility index (Phi) is 5.22. The second kappa shape index (κ2) is 7.34. The normalized spacial score (nSPS) is 25.1. The van der Waals surface area contributed by atoms with Gasteiger partial charge in [-0.05, 0) is 49.5 Å². The molecule has 2 saturated heterocycles. The maximum atomic E-state index is 12.9. The largest absolute Gasteiger partial charge is 0.381 e. The smallest absolute Gasteiger partial charge is 0.123 e. The molecule has 0 spiro atoms. The zero-order chi connectivity index (χ0) is 14.5. The number of hydrogen-bond donors (Lipinski definition) is 0. The summed E-state index contributed by atoms with van der Waals surface area (Å²) in [5.41, 5.74) is 1.20. The van der Waals surface area contributed by atoms with Gasteiger partial charge in [0.15, 0.2) is 0 Å². The van der Waals surface area contributed by atoms with Crippen molar-refractivity contribution in [3.8, 4) is 0 Å². The standard InChI is InChI=1S/C17H25FN2O/c18-17-4-2-15(3-5-17)12-19-7-1-8-20(10-9-19)13-16-6-11-21-14-16/h2-5,16H,1,6-14H2/t16-/m0/s1. The highest BCUT2D eigenvalue weighted by atomic mass is 19.1. The van der Waals surface area contributed by atoms with Crippen molar-refractivity contribution in [2.75, 3.05) is 45.9 Å². The van der Waals surface area contributed by atoms with Gasteiger partial charge in [-0.25, -0.2) is 4.39 Å². The van der Waals surface area contributed by atoms with Crippen LogP contribution < -0.4 is 0 Å². The minimum absolute atomic E-state index is 0.153. The van der Waals surface area contributed by atoms with Gasteiger partial charge >= 0.3 is 0 Å². The van der Waals surface area contributed by atoms with Crippen molar-refractivity contribution < 1.29 is 9.13 Å². The molecule has 0 aromatic heterocycles. The molecule has 0 radical (unpaired) electrons. The Bertz CT molecular complexity index is 431. The SMILES string of the molecule is Fc1ccc(CN2CCCN(C[C@@H]3CCOC3)CC2)cc1. The highest BCUT2D eigenvalue weighted by Crippen LogP contribution is 2.16. The molecule has 0 unspecified atom stereocenters. The van der Waals surface area contributed by atoms with E-state index >= 15 is 0 Å². The quantitative estimate of drug-likeness (QED) is 0.847. The molecule has 2 fully saturated rings. The topological polar surface area (TPSA) is 15.7 Å². The highest BCUT2D eigenvalue weighted by Gasteiger charge is 2.21. The van der Waals surface area contributed by atoms with Gasteiger partial charge in [0.05, 0.1) is 6.61 Å². The third-order valence-electron chi connectivity index (χ3n) is 4.54. The first-order valence-electron chi connectivity index (χ1n) is 8.06. The van der Waals surface area contributed by atoms with Crippen LogP contribution in [0.4, 0.5) is 4.39 Å². The summed E-state index contributed by atoms with van der Waals surface area (Å²) in [4.78, 5) is 5.07. The first-order chi connectivity index (χ1) is 10.3. The zero-order valence-corrected chi connectivity index (χ0v) is 12.6. The van der Waals surface area contributed by atoms with E-state index < -0.39 is 0 Å². The Balaban J connectivity index is 1.47. The van der Waals surface area contributed by atoms with Crippen LogP contribution in [0.5, 0.6) is 0 Å². The monoisotopic (exact) mass is 292 g/mol. The van der Waals surface area contributed by atoms with Crippen molar-refractivity contribution >= 4 is 0 Å². The van der Waals surface area contributed by atoms with Crippen LogP contribution in [0.1, 0.15) is 18.4 Å². The predicted molar refractivity (Wildman–Crippen MR) is 81.7 cm³/mol. The van der Waals surface area contributed by atoms with E-state index in [9.17, 15) is 4.39 Å². The number of ether oxygens (including phenoxy) is 1. The second-order valence-electron chi connectivity index (χ2n) is 6.29. The van der Waals surface area contributed by atoms with Crippen molar-refractivity contribution in [2.45, 2.75) is 19.4 Å². The van der Waals surface area contributed by atoms with E-state index in [2.05, 4.69) is 9.80 Å². The van der Waals surface area contributed by atoms with Gasteiger partial charge < -0.3 is 9.64 Å². The van der Waals surface area contributed by atoms with E-state index in [1.165, 1.54) is 31.5 Å². The van der Waals surface area contributed by atoms with E-state index in [-0.39, 0.29) is 5.82 Å². The summed E-state index contributed by atoms with van der Waals surface area (Å²) in [5, 5.41) is 0. The Hall–Kier alpha value is -0.970. The summed E-state index contributed by atoms with van der Waals surface area (Å²) in [6.45, 7) is 8.56. The highest BCUT2D eigenvalue weighted by molar-refractivity contribution is 5.15. The Morgan fingerprint density at radius 3 is 2.57 bits per heavy atom. The molecule has 2 heterocycles. The van der Waals surface area contributed by atoms with Crippen LogP contribution in [0.15, 0.2) is 24.3 Å². The lowest BCUT2D eigenvalue weighted by Crippen LogP contribution is -2.34. The van der Waals surface area contributed by atoms with Gasteiger partial charge in [-0.2, -0.15) is 0 Å². The van der Waals surface area contributed by atoms with Crippen LogP contribution in [0.2, 0.25) is 0 Å². The average molecular weight is 292 g/mol. The maximum absolute atomic E-state index is 12.9. The molecule has 4 heteroatoms. The van der Waals surface area contributed by atoms with E-state index in [1.807, 2.05) is 12.1 Å². The van der Waals surface area contributed by atoms with Gasteiger partial charge in [-0.15, -0.1) is 0 Å². The molecule has 21 heavy (non-hydrogen) atoms. The summed E-state index contributed by atoms with van der Waals surface area (Å²) < 4.78 is 18.4. The van der Waals surface area contributed by atoms with Gasteiger partial charge in [0.1, 0.15) is 5.82 Å². The Labute approximate surface area is 126 Å². The van der Waals surface area contributed by atoms with E-state index in [4.69, 9.17) is 4.74 Å². The van der Waals surface area contributed by atoms with Crippen LogP contribution in [0.25, 0.3) is 0 Å². The van der Waals surface area contributed by atoms with Gasteiger partial charge in [0.2, 0.25) is 0 Å².